The molecular weight excluding hydrogens is 205 g/mol. The molecule has 0 aromatic carbocycles. The van der Waals surface area contributed by atoms with Gasteiger partial charge in [-0.2, -0.15) is 13.2 Å². The van der Waals surface area contributed by atoms with Gasteiger partial charge in [-0.15, -0.1) is 0 Å². The molecule has 1 atom stereocenters. The fourth-order valence-corrected chi connectivity index (χ4v) is 1.87. The molecule has 0 spiro atoms. The minimum Gasteiger partial charge on any atom is -0.316 e. The molecule has 5 heteroatoms. The summed E-state index contributed by atoms with van der Waals surface area (Å²) in [4.78, 5) is 3.87. The Bertz CT molecular complexity index is 343. The van der Waals surface area contributed by atoms with Gasteiger partial charge in [0.25, 0.3) is 0 Å². The third-order valence-corrected chi connectivity index (χ3v) is 2.59. The Kier molecular flexibility index (Phi) is 2.65. The SMILES string of the molecule is FC(F)(F)c1cccnc1C1CCNC1. The Morgan fingerprint density at radius 3 is 2.80 bits per heavy atom. The molecule has 2 nitrogen and oxygen atoms in total. The Morgan fingerprint density at radius 1 is 1.40 bits per heavy atom. The highest BCUT2D eigenvalue weighted by Gasteiger charge is 2.36. The topological polar surface area (TPSA) is 24.9 Å². The minimum atomic E-state index is -4.30. The predicted molar refractivity (Wildman–Crippen MR) is 49.5 cm³/mol. The zero-order valence-corrected chi connectivity index (χ0v) is 8.01. The Hall–Kier alpha value is -1.10. The molecule has 1 aliphatic rings. The number of pyridine rings is 1. The van der Waals surface area contributed by atoms with Gasteiger partial charge in [-0.05, 0) is 25.1 Å². The van der Waals surface area contributed by atoms with Crippen molar-refractivity contribution in [1.29, 1.82) is 0 Å². The van der Waals surface area contributed by atoms with Crippen LogP contribution in [-0.2, 0) is 6.18 Å². The van der Waals surface area contributed by atoms with Crippen molar-refractivity contribution in [2.45, 2.75) is 18.5 Å². The van der Waals surface area contributed by atoms with Crippen molar-refractivity contribution in [2.75, 3.05) is 13.1 Å². The molecule has 15 heavy (non-hydrogen) atoms. The molecule has 82 valence electrons. The Balaban J connectivity index is 2.37. The van der Waals surface area contributed by atoms with Crippen LogP contribution in [0.15, 0.2) is 18.3 Å². The number of hydrogen-bond acceptors (Lipinski definition) is 2. The summed E-state index contributed by atoms with van der Waals surface area (Å²) in [6, 6.07) is 2.43. The number of aromatic nitrogens is 1. The average Bonchev–Trinajstić information content (AvgIpc) is 2.69. The van der Waals surface area contributed by atoms with E-state index in [1.807, 2.05) is 0 Å². The molecule has 0 amide bonds. The fraction of sp³-hybridized carbons (Fsp3) is 0.500. The second kappa shape index (κ2) is 3.81. The van der Waals surface area contributed by atoms with Crippen LogP contribution in [0.5, 0.6) is 0 Å². The standard InChI is InChI=1S/C10H11F3N2/c11-10(12,13)8-2-1-4-15-9(8)7-3-5-14-6-7/h1-2,4,7,14H,3,5-6H2. The van der Waals surface area contributed by atoms with E-state index < -0.39 is 11.7 Å². The molecule has 1 unspecified atom stereocenters. The zero-order chi connectivity index (χ0) is 10.9. The highest BCUT2D eigenvalue weighted by molar-refractivity contribution is 5.27. The molecule has 0 radical (unpaired) electrons. The van der Waals surface area contributed by atoms with E-state index in [1.54, 1.807) is 0 Å². The maximum atomic E-state index is 12.6. The average molecular weight is 216 g/mol. The third kappa shape index (κ3) is 2.12. The summed E-state index contributed by atoms with van der Waals surface area (Å²) in [7, 11) is 0. The maximum Gasteiger partial charge on any atom is 0.418 e. The van der Waals surface area contributed by atoms with Crippen LogP contribution in [0, 0.1) is 0 Å². The first-order valence-electron chi connectivity index (χ1n) is 4.82. The van der Waals surface area contributed by atoms with Crippen molar-refractivity contribution in [3.8, 4) is 0 Å². The van der Waals surface area contributed by atoms with Gasteiger partial charge in [-0.1, -0.05) is 0 Å². The van der Waals surface area contributed by atoms with Gasteiger partial charge in [0.1, 0.15) is 0 Å². The largest absolute Gasteiger partial charge is 0.418 e. The molecule has 1 aromatic rings. The van der Waals surface area contributed by atoms with Gasteiger partial charge in [0.15, 0.2) is 0 Å². The molecule has 1 N–H and O–H groups in total. The monoisotopic (exact) mass is 216 g/mol. The molecule has 0 aliphatic carbocycles. The van der Waals surface area contributed by atoms with Gasteiger partial charge in [0.2, 0.25) is 0 Å². The van der Waals surface area contributed by atoms with E-state index in [0.29, 0.717) is 6.54 Å². The summed E-state index contributed by atoms with van der Waals surface area (Å²) in [6.07, 6.45) is -2.16. The number of nitrogens with zero attached hydrogens (tertiary/aromatic N) is 1. The van der Waals surface area contributed by atoms with Crippen molar-refractivity contribution in [2.24, 2.45) is 0 Å². The van der Waals surface area contributed by atoms with Gasteiger partial charge in [0.05, 0.1) is 11.3 Å². The molecule has 1 fully saturated rings. The van der Waals surface area contributed by atoms with Gasteiger partial charge in [-0.3, -0.25) is 4.98 Å². The second-order valence-electron chi connectivity index (χ2n) is 3.62. The number of rotatable bonds is 1. The van der Waals surface area contributed by atoms with Crippen LogP contribution in [0.2, 0.25) is 0 Å². The summed E-state index contributed by atoms with van der Waals surface area (Å²) < 4.78 is 37.9. The van der Waals surface area contributed by atoms with Crippen LogP contribution >= 0.6 is 0 Å². The molecule has 1 aliphatic heterocycles. The number of halogens is 3. The smallest absolute Gasteiger partial charge is 0.316 e. The van der Waals surface area contributed by atoms with E-state index in [4.69, 9.17) is 0 Å². The third-order valence-electron chi connectivity index (χ3n) is 2.59. The van der Waals surface area contributed by atoms with Gasteiger partial charge in [0, 0.05) is 18.7 Å². The molecule has 2 heterocycles. The van der Waals surface area contributed by atoms with E-state index in [-0.39, 0.29) is 11.6 Å². The lowest BCUT2D eigenvalue weighted by Crippen LogP contribution is -2.15. The number of nitrogens with one attached hydrogen (secondary N) is 1. The summed E-state index contributed by atoms with van der Waals surface area (Å²) >= 11 is 0. The zero-order valence-electron chi connectivity index (χ0n) is 8.01. The molecule has 0 bridgehead atoms. The van der Waals surface area contributed by atoms with Crippen LogP contribution in [-0.4, -0.2) is 18.1 Å². The fourth-order valence-electron chi connectivity index (χ4n) is 1.87. The molecule has 1 saturated heterocycles. The van der Waals surface area contributed by atoms with E-state index in [2.05, 4.69) is 10.3 Å². The second-order valence-corrected chi connectivity index (χ2v) is 3.62. The molecular formula is C10H11F3N2. The first-order chi connectivity index (χ1) is 7.09. The highest BCUT2D eigenvalue weighted by Crippen LogP contribution is 2.35. The van der Waals surface area contributed by atoms with Crippen molar-refractivity contribution in [1.82, 2.24) is 10.3 Å². The Morgan fingerprint density at radius 2 is 2.20 bits per heavy atom. The maximum absolute atomic E-state index is 12.6. The van der Waals surface area contributed by atoms with Crippen LogP contribution in [0.3, 0.4) is 0 Å². The molecule has 1 aromatic heterocycles. The first kappa shape index (κ1) is 10.4. The quantitative estimate of drug-likeness (QED) is 0.778. The van der Waals surface area contributed by atoms with E-state index in [1.165, 1.54) is 12.3 Å². The molecule has 0 saturated carbocycles. The van der Waals surface area contributed by atoms with Gasteiger partial charge < -0.3 is 5.32 Å². The lowest BCUT2D eigenvalue weighted by Gasteiger charge is -2.15. The van der Waals surface area contributed by atoms with Gasteiger partial charge >= 0.3 is 6.18 Å². The first-order valence-corrected chi connectivity index (χ1v) is 4.82. The van der Waals surface area contributed by atoms with Crippen molar-refractivity contribution >= 4 is 0 Å². The lowest BCUT2D eigenvalue weighted by atomic mass is 9.99. The minimum absolute atomic E-state index is 0.108. The Labute approximate surface area is 85.5 Å². The van der Waals surface area contributed by atoms with E-state index in [0.717, 1.165) is 19.0 Å². The normalized spacial score (nSPS) is 21.9. The number of hydrogen-bond donors (Lipinski definition) is 1. The van der Waals surface area contributed by atoms with Crippen LogP contribution in [0.4, 0.5) is 13.2 Å². The lowest BCUT2D eigenvalue weighted by molar-refractivity contribution is -0.138. The van der Waals surface area contributed by atoms with Crippen molar-refractivity contribution in [3.63, 3.8) is 0 Å². The van der Waals surface area contributed by atoms with Crippen molar-refractivity contribution < 1.29 is 13.2 Å². The predicted octanol–water partition coefficient (Wildman–Crippen LogP) is 2.18. The number of alkyl halides is 3. The van der Waals surface area contributed by atoms with Gasteiger partial charge in [-0.25, -0.2) is 0 Å². The summed E-state index contributed by atoms with van der Waals surface area (Å²) in [5.74, 6) is -0.108. The van der Waals surface area contributed by atoms with E-state index >= 15 is 0 Å². The molecule has 2 rings (SSSR count). The van der Waals surface area contributed by atoms with Crippen LogP contribution < -0.4 is 5.32 Å². The van der Waals surface area contributed by atoms with Crippen LogP contribution in [0.1, 0.15) is 23.6 Å². The van der Waals surface area contributed by atoms with E-state index in [9.17, 15) is 13.2 Å². The summed E-state index contributed by atoms with van der Waals surface area (Å²) in [5.41, 5.74) is -0.422. The summed E-state index contributed by atoms with van der Waals surface area (Å²) in [6.45, 7) is 1.35. The highest BCUT2D eigenvalue weighted by atomic mass is 19.4. The van der Waals surface area contributed by atoms with Crippen molar-refractivity contribution in [3.05, 3.63) is 29.6 Å². The van der Waals surface area contributed by atoms with Crippen LogP contribution in [0.25, 0.3) is 0 Å². The summed E-state index contributed by atoms with van der Waals surface area (Å²) in [5, 5.41) is 3.04.